The van der Waals surface area contributed by atoms with Crippen molar-refractivity contribution < 1.29 is 0 Å². The van der Waals surface area contributed by atoms with Crippen LogP contribution in [0.25, 0.3) is 5.57 Å². The van der Waals surface area contributed by atoms with Crippen LogP contribution in [0.3, 0.4) is 0 Å². The lowest BCUT2D eigenvalue weighted by Crippen LogP contribution is -2.31. The minimum Gasteiger partial charge on any atom is -0.0689 e. The SMILES string of the molecule is CC.CC1=C(c2ccc(C)cc2)CC2CCC(C)C2(C)C1. The summed E-state index contributed by atoms with van der Waals surface area (Å²) in [5, 5.41) is 0. The summed E-state index contributed by atoms with van der Waals surface area (Å²) in [5.74, 6) is 1.80. The van der Waals surface area contributed by atoms with E-state index in [2.05, 4.69) is 52.0 Å². The topological polar surface area (TPSA) is 0 Å². The Labute approximate surface area is 131 Å². The molecule has 3 rings (SSSR count). The van der Waals surface area contributed by atoms with Gasteiger partial charge in [-0.2, -0.15) is 0 Å². The van der Waals surface area contributed by atoms with E-state index in [1.165, 1.54) is 36.8 Å². The van der Waals surface area contributed by atoms with Gasteiger partial charge < -0.3 is 0 Å². The summed E-state index contributed by atoms with van der Waals surface area (Å²) < 4.78 is 0. The van der Waals surface area contributed by atoms with Crippen LogP contribution in [0.4, 0.5) is 0 Å². The van der Waals surface area contributed by atoms with Crippen molar-refractivity contribution >= 4 is 5.57 Å². The molecule has 0 spiro atoms. The molecule has 2 aliphatic carbocycles. The molecular weight excluding hydrogens is 252 g/mol. The average Bonchev–Trinajstić information content (AvgIpc) is 2.76. The molecule has 21 heavy (non-hydrogen) atoms. The van der Waals surface area contributed by atoms with Gasteiger partial charge in [-0.15, -0.1) is 0 Å². The van der Waals surface area contributed by atoms with Crippen LogP contribution in [-0.4, -0.2) is 0 Å². The molecule has 3 unspecified atom stereocenters. The highest BCUT2D eigenvalue weighted by molar-refractivity contribution is 5.70. The van der Waals surface area contributed by atoms with Crippen molar-refractivity contribution in [1.29, 1.82) is 0 Å². The third-order valence-electron chi connectivity index (χ3n) is 6.02. The molecular formula is C21H32. The van der Waals surface area contributed by atoms with Gasteiger partial charge in [-0.25, -0.2) is 0 Å². The van der Waals surface area contributed by atoms with Gasteiger partial charge in [0.25, 0.3) is 0 Å². The van der Waals surface area contributed by atoms with Crippen molar-refractivity contribution in [2.24, 2.45) is 17.3 Å². The van der Waals surface area contributed by atoms with E-state index in [1.807, 2.05) is 13.8 Å². The standard InChI is InChI=1S/C19H26.C2H6/c1-13-5-8-16(9-6-13)18-11-17-10-7-15(3)19(17,4)12-14(18)2;1-2/h5-6,8-9,15,17H,7,10-12H2,1-4H3;1-2H3. The largest absolute Gasteiger partial charge is 0.0689 e. The minimum absolute atomic E-state index is 0.568. The van der Waals surface area contributed by atoms with Crippen molar-refractivity contribution in [3.05, 3.63) is 41.0 Å². The van der Waals surface area contributed by atoms with Gasteiger partial charge in [-0.1, -0.05) is 63.1 Å². The van der Waals surface area contributed by atoms with E-state index in [0.717, 1.165) is 11.8 Å². The molecule has 3 atom stereocenters. The first-order valence-corrected chi connectivity index (χ1v) is 8.76. The maximum atomic E-state index is 2.53. The molecule has 0 saturated heterocycles. The van der Waals surface area contributed by atoms with Gasteiger partial charge in [0.1, 0.15) is 0 Å². The monoisotopic (exact) mass is 284 g/mol. The summed E-state index contributed by atoms with van der Waals surface area (Å²) in [6, 6.07) is 9.13. The van der Waals surface area contributed by atoms with Crippen molar-refractivity contribution in [2.75, 3.05) is 0 Å². The van der Waals surface area contributed by atoms with E-state index < -0.39 is 0 Å². The first-order valence-electron chi connectivity index (χ1n) is 8.76. The van der Waals surface area contributed by atoms with Crippen molar-refractivity contribution in [1.82, 2.24) is 0 Å². The molecule has 1 aromatic carbocycles. The van der Waals surface area contributed by atoms with E-state index in [0.29, 0.717) is 5.41 Å². The zero-order valence-electron chi connectivity index (χ0n) is 14.8. The van der Waals surface area contributed by atoms with Gasteiger partial charge in [0.05, 0.1) is 0 Å². The summed E-state index contributed by atoms with van der Waals surface area (Å²) in [5.41, 5.74) is 6.66. The molecule has 0 heterocycles. The zero-order valence-corrected chi connectivity index (χ0v) is 14.8. The fourth-order valence-electron chi connectivity index (χ4n) is 4.38. The van der Waals surface area contributed by atoms with Gasteiger partial charge in [-0.3, -0.25) is 0 Å². The molecule has 116 valence electrons. The van der Waals surface area contributed by atoms with Crippen LogP contribution in [0.5, 0.6) is 0 Å². The lowest BCUT2D eigenvalue weighted by Gasteiger charge is -2.41. The van der Waals surface area contributed by atoms with Crippen LogP contribution in [0.15, 0.2) is 29.8 Å². The second-order valence-electron chi connectivity index (χ2n) is 7.19. The average molecular weight is 284 g/mol. The predicted octanol–water partition coefficient (Wildman–Crippen LogP) is 6.64. The molecule has 0 aromatic heterocycles. The Morgan fingerprint density at radius 2 is 1.62 bits per heavy atom. The smallest absolute Gasteiger partial charge is 0.0225 e. The Bertz CT molecular complexity index is 505. The molecule has 0 bridgehead atoms. The fourth-order valence-corrected chi connectivity index (χ4v) is 4.38. The van der Waals surface area contributed by atoms with Crippen LogP contribution in [0.1, 0.15) is 71.4 Å². The Morgan fingerprint density at radius 1 is 1.00 bits per heavy atom. The van der Waals surface area contributed by atoms with Crippen LogP contribution in [0.2, 0.25) is 0 Å². The fraction of sp³-hybridized carbons (Fsp3) is 0.619. The number of hydrogen-bond donors (Lipinski definition) is 0. The number of aryl methyl sites for hydroxylation is 1. The summed E-state index contributed by atoms with van der Waals surface area (Å²) in [4.78, 5) is 0. The van der Waals surface area contributed by atoms with Gasteiger partial charge in [-0.05, 0) is 67.9 Å². The van der Waals surface area contributed by atoms with Crippen LogP contribution in [-0.2, 0) is 0 Å². The quantitative estimate of drug-likeness (QED) is 0.542. The van der Waals surface area contributed by atoms with Crippen LogP contribution in [0, 0.1) is 24.2 Å². The molecule has 1 saturated carbocycles. The van der Waals surface area contributed by atoms with Crippen LogP contribution >= 0.6 is 0 Å². The molecule has 0 N–H and O–H groups in total. The lowest BCUT2D eigenvalue weighted by atomic mass is 9.63. The molecule has 0 amide bonds. The third-order valence-corrected chi connectivity index (χ3v) is 6.02. The second kappa shape index (κ2) is 6.38. The second-order valence-corrected chi connectivity index (χ2v) is 7.19. The number of fused-ring (bicyclic) bond motifs is 1. The third kappa shape index (κ3) is 2.96. The summed E-state index contributed by atoms with van der Waals surface area (Å²) in [7, 11) is 0. The molecule has 1 aromatic rings. The highest BCUT2D eigenvalue weighted by Gasteiger charge is 2.46. The highest BCUT2D eigenvalue weighted by atomic mass is 14.5. The molecule has 2 aliphatic rings. The summed E-state index contributed by atoms with van der Waals surface area (Å²) in [6.45, 7) is 13.5. The molecule has 0 heteroatoms. The van der Waals surface area contributed by atoms with Gasteiger partial charge in [0, 0.05) is 0 Å². The van der Waals surface area contributed by atoms with Crippen molar-refractivity contribution in [2.45, 2.75) is 67.2 Å². The number of benzene rings is 1. The summed E-state index contributed by atoms with van der Waals surface area (Å²) in [6.07, 6.45) is 5.47. The first-order chi connectivity index (χ1) is 10.0. The molecule has 0 aliphatic heterocycles. The lowest BCUT2D eigenvalue weighted by molar-refractivity contribution is 0.162. The van der Waals surface area contributed by atoms with E-state index >= 15 is 0 Å². The number of hydrogen-bond acceptors (Lipinski definition) is 0. The normalized spacial score (nSPS) is 31.5. The van der Waals surface area contributed by atoms with E-state index in [1.54, 1.807) is 11.1 Å². The van der Waals surface area contributed by atoms with Gasteiger partial charge in [0.15, 0.2) is 0 Å². The van der Waals surface area contributed by atoms with Crippen molar-refractivity contribution in [3.8, 4) is 0 Å². The van der Waals surface area contributed by atoms with Gasteiger partial charge >= 0.3 is 0 Å². The molecule has 1 fully saturated rings. The molecule has 0 nitrogen and oxygen atoms in total. The Balaban J connectivity index is 0.000000774. The van der Waals surface area contributed by atoms with E-state index in [4.69, 9.17) is 0 Å². The Kier molecular flexibility index (Phi) is 4.96. The first kappa shape index (κ1) is 16.3. The Hall–Kier alpha value is -1.04. The highest BCUT2D eigenvalue weighted by Crippen LogP contribution is 2.57. The predicted molar refractivity (Wildman–Crippen MR) is 94.4 cm³/mol. The van der Waals surface area contributed by atoms with Gasteiger partial charge in [0.2, 0.25) is 0 Å². The minimum atomic E-state index is 0.568. The zero-order chi connectivity index (χ0) is 15.6. The summed E-state index contributed by atoms with van der Waals surface area (Å²) >= 11 is 0. The maximum absolute atomic E-state index is 2.53. The van der Waals surface area contributed by atoms with Crippen molar-refractivity contribution in [3.63, 3.8) is 0 Å². The number of allylic oxidation sites excluding steroid dienone is 2. The maximum Gasteiger partial charge on any atom is -0.0225 e. The number of rotatable bonds is 1. The Morgan fingerprint density at radius 3 is 2.24 bits per heavy atom. The molecule has 0 radical (unpaired) electrons. The van der Waals surface area contributed by atoms with E-state index in [-0.39, 0.29) is 0 Å². The van der Waals surface area contributed by atoms with Crippen LogP contribution < -0.4 is 0 Å². The van der Waals surface area contributed by atoms with E-state index in [9.17, 15) is 0 Å².